The molecular formula is C18H32. The van der Waals surface area contributed by atoms with E-state index in [0.29, 0.717) is 0 Å². The van der Waals surface area contributed by atoms with E-state index in [-0.39, 0.29) is 0 Å². The third kappa shape index (κ3) is 2.25. The third-order valence-corrected chi connectivity index (χ3v) is 6.87. The Kier molecular flexibility index (Phi) is 3.74. The van der Waals surface area contributed by atoms with Crippen LogP contribution in [0.3, 0.4) is 0 Å². The van der Waals surface area contributed by atoms with Crippen molar-refractivity contribution in [3.63, 3.8) is 0 Å². The van der Waals surface area contributed by atoms with Gasteiger partial charge in [-0.2, -0.15) is 0 Å². The molecule has 0 bridgehead atoms. The fourth-order valence-electron chi connectivity index (χ4n) is 5.95. The average Bonchev–Trinajstić information content (AvgIpc) is 2.85. The Labute approximate surface area is 114 Å². The van der Waals surface area contributed by atoms with Gasteiger partial charge < -0.3 is 0 Å². The molecule has 0 nitrogen and oxygen atoms in total. The van der Waals surface area contributed by atoms with Crippen molar-refractivity contribution in [3.05, 3.63) is 0 Å². The molecular weight excluding hydrogens is 216 g/mol. The molecule has 0 aromatic rings. The van der Waals surface area contributed by atoms with Gasteiger partial charge in [0.25, 0.3) is 0 Å². The first-order valence-corrected chi connectivity index (χ1v) is 8.66. The van der Waals surface area contributed by atoms with Gasteiger partial charge >= 0.3 is 0 Å². The molecule has 5 unspecified atom stereocenters. The Morgan fingerprint density at radius 1 is 0.667 bits per heavy atom. The molecule has 0 spiro atoms. The lowest BCUT2D eigenvalue weighted by Gasteiger charge is -2.35. The molecule has 18 heavy (non-hydrogen) atoms. The molecule has 0 aromatic carbocycles. The first-order valence-electron chi connectivity index (χ1n) is 8.66. The number of hydrogen-bond donors (Lipinski definition) is 0. The Bertz CT molecular complexity index is 282. The zero-order chi connectivity index (χ0) is 12.7. The smallest absolute Gasteiger partial charge is 0.0329 e. The molecule has 0 N–H and O–H groups in total. The van der Waals surface area contributed by atoms with Gasteiger partial charge in [0.15, 0.2) is 0 Å². The Hall–Kier alpha value is 0. The minimum Gasteiger partial charge on any atom is -0.0625 e. The number of hydrogen-bond acceptors (Lipinski definition) is 0. The highest BCUT2D eigenvalue weighted by atomic mass is 14.5. The summed E-state index contributed by atoms with van der Waals surface area (Å²) in [6, 6.07) is 0. The predicted octanol–water partition coefficient (Wildman–Crippen LogP) is 5.52. The summed E-state index contributed by atoms with van der Waals surface area (Å²) in [6.45, 7) is 7.62. The minimum absolute atomic E-state index is 0.996. The molecule has 0 heterocycles. The van der Waals surface area contributed by atoms with Gasteiger partial charge in [0.2, 0.25) is 0 Å². The van der Waals surface area contributed by atoms with Crippen molar-refractivity contribution in [1.29, 1.82) is 0 Å². The largest absolute Gasteiger partial charge is 0.0625 e. The van der Waals surface area contributed by atoms with Gasteiger partial charge in [0.05, 0.1) is 0 Å². The summed E-state index contributed by atoms with van der Waals surface area (Å²) in [7, 11) is 0. The zero-order valence-electron chi connectivity index (χ0n) is 12.7. The molecule has 3 saturated carbocycles. The summed E-state index contributed by atoms with van der Waals surface area (Å²) in [5.74, 6) is 7.44. The van der Waals surface area contributed by atoms with Gasteiger partial charge in [-0.1, -0.05) is 46.5 Å². The van der Waals surface area contributed by atoms with Gasteiger partial charge in [-0.05, 0) is 67.1 Å². The summed E-state index contributed by atoms with van der Waals surface area (Å²) in [5.41, 5.74) is 0. The zero-order valence-corrected chi connectivity index (χ0v) is 12.7. The molecule has 3 fully saturated rings. The average molecular weight is 248 g/mol. The van der Waals surface area contributed by atoms with E-state index >= 15 is 0 Å². The molecule has 0 saturated heterocycles. The molecule has 7 atom stereocenters. The maximum atomic E-state index is 2.57. The van der Waals surface area contributed by atoms with E-state index < -0.39 is 0 Å². The van der Waals surface area contributed by atoms with Gasteiger partial charge in [-0.25, -0.2) is 0 Å². The van der Waals surface area contributed by atoms with Crippen molar-refractivity contribution in [2.24, 2.45) is 41.4 Å². The van der Waals surface area contributed by atoms with Gasteiger partial charge in [-0.15, -0.1) is 0 Å². The molecule has 0 radical (unpaired) electrons. The molecule has 0 aromatic heterocycles. The third-order valence-electron chi connectivity index (χ3n) is 6.87. The highest BCUT2D eigenvalue weighted by Crippen LogP contribution is 2.55. The summed E-state index contributed by atoms with van der Waals surface area (Å²) in [5, 5.41) is 0. The molecule has 0 aliphatic heterocycles. The van der Waals surface area contributed by atoms with Crippen LogP contribution >= 0.6 is 0 Å². The van der Waals surface area contributed by atoms with E-state index in [1.165, 1.54) is 25.7 Å². The monoisotopic (exact) mass is 248 g/mol. The van der Waals surface area contributed by atoms with Crippen LogP contribution in [0.1, 0.15) is 72.1 Å². The van der Waals surface area contributed by atoms with Crippen LogP contribution in [-0.2, 0) is 0 Å². The Balaban J connectivity index is 1.76. The van der Waals surface area contributed by atoms with E-state index in [0.717, 1.165) is 41.4 Å². The fourth-order valence-corrected chi connectivity index (χ4v) is 5.95. The van der Waals surface area contributed by atoms with Crippen LogP contribution in [0.5, 0.6) is 0 Å². The first kappa shape index (κ1) is 13.0. The van der Waals surface area contributed by atoms with E-state index in [1.54, 1.807) is 25.7 Å². The summed E-state index contributed by atoms with van der Waals surface area (Å²) in [6.07, 6.45) is 12.3. The van der Waals surface area contributed by atoms with Crippen LogP contribution in [0.2, 0.25) is 0 Å². The first-order chi connectivity index (χ1) is 8.66. The number of rotatable bonds is 1. The van der Waals surface area contributed by atoms with Crippen molar-refractivity contribution in [2.75, 3.05) is 0 Å². The molecule has 0 amide bonds. The van der Waals surface area contributed by atoms with Crippen LogP contribution < -0.4 is 0 Å². The molecule has 0 heteroatoms. The summed E-state index contributed by atoms with van der Waals surface area (Å²) >= 11 is 0. The molecule has 104 valence electrons. The van der Waals surface area contributed by atoms with E-state index in [4.69, 9.17) is 0 Å². The van der Waals surface area contributed by atoms with E-state index in [2.05, 4.69) is 20.8 Å². The van der Waals surface area contributed by atoms with Crippen molar-refractivity contribution in [2.45, 2.75) is 72.1 Å². The Morgan fingerprint density at radius 3 is 2.28 bits per heavy atom. The van der Waals surface area contributed by atoms with E-state index in [9.17, 15) is 0 Å². The summed E-state index contributed by atoms with van der Waals surface area (Å²) < 4.78 is 0. The number of fused-ring (bicyclic) bond motifs is 1. The van der Waals surface area contributed by atoms with Crippen molar-refractivity contribution < 1.29 is 0 Å². The Morgan fingerprint density at radius 2 is 1.44 bits per heavy atom. The van der Waals surface area contributed by atoms with Gasteiger partial charge in [0, 0.05) is 0 Å². The van der Waals surface area contributed by atoms with Gasteiger partial charge in [0.1, 0.15) is 0 Å². The van der Waals surface area contributed by atoms with Crippen LogP contribution in [0, 0.1) is 41.4 Å². The summed E-state index contributed by atoms with van der Waals surface area (Å²) in [4.78, 5) is 0. The van der Waals surface area contributed by atoms with Crippen LogP contribution in [-0.4, -0.2) is 0 Å². The van der Waals surface area contributed by atoms with Gasteiger partial charge in [-0.3, -0.25) is 0 Å². The molecule has 3 aliphatic carbocycles. The normalized spacial score (nSPS) is 53.2. The standard InChI is InChI=1S/C18H32/c1-12-5-4-6-13(2)17(11-12)16-10-9-15-8-7-14(3)18(15)16/h12-18H,4-11H2,1-3H3/t12?,13?,14-,15?,16?,17?,18-/m1/s1. The SMILES string of the molecule is CC1CCCC(C)C(C2CCC3CC[C@@H](C)[C@H]32)C1. The lowest BCUT2D eigenvalue weighted by molar-refractivity contribution is 0.140. The van der Waals surface area contributed by atoms with Crippen molar-refractivity contribution in [1.82, 2.24) is 0 Å². The van der Waals surface area contributed by atoms with Crippen LogP contribution in [0.15, 0.2) is 0 Å². The highest BCUT2D eigenvalue weighted by molar-refractivity contribution is 4.96. The van der Waals surface area contributed by atoms with E-state index in [1.807, 2.05) is 0 Å². The second kappa shape index (κ2) is 5.17. The fraction of sp³-hybridized carbons (Fsp3) is 1.00. The highest BCUT2D eigenvalue weighted by Gasteiger charge is 2.47. The lowest BCUT2D eigenvalue weighted by Crippen LogP contribution is -2.28. The molecule has 3 aliphatic rings. The lowest BCUT2D eigenvalue weighted by atomic mass is 9.70. The molecule has 3 rings (SSSR count). The van der Waals surface area contributed by atoms with Crippen LogP contribution in [0.25, 0.3) is 0 Å². The predicted molar refractivity (Wildman–Crippen MR) is 78.4 cm³/mol. The minimum atomic E-state index is 0.996. The van der Waals surface area contributed by atoms with Crippen molar-refractivity contribution in [3.8, 4) is 0 Å². The second-order valence-corrected chi connectivity index (χ2v) is 8.05. The van der Waals surface area contributed by atoms with Crippen LogP contribution in [0.4, 0.5) is 0 Å². The maximum Gasteiger partial charge on any atom is -0.0329 e. The second-order valence-electron chi connectivity index (χ2n) is 8.05. The topological polar surface area (TPSA) is 0 Å². The maximum absolute atomic E-state index is 2.57. The quantitative estimate of drug-likeness (QED) is 0.536. The van der Waals surface area contributed by atoms with Crippen molar-refractivity contribution >= 4 is 0 Å².